The number of nitrogens with one attached hydrogen (secondary N) is 1. The van der Waals surface area contributed by atoms with Gasteiger partial charge in [-0.2, -0.15) is 0 Å². The molecule has 0 radical (unpaired) electrons. The first-order valence-electron chi connectivity index (χ1n) is 9.77. The van der Waals surface area contributed by atoms with Crippen molar-refractivity contribution >= 4 is 28.0 Å². The summed E-state index contributed by atoms with van der Waals surface area (Å²) in [5.41, 5.74) is 2.21. The van der Waals surface area contributed by atoms with Crippen molar-refractivity contribution in [2.45, 2.75) is 19.9 Å². The summed E-state index contributed by atoms with van der Waals surface area (Å²) in [6.45, 7) is 4.65. The number of carbonyl (C=O) groups is 1. The van der Waals surface area contributed by atoms with E-state index in [1.165, 1.54) is 22.1 Å². The molecule has 0 aliphatic heterocycles. The molecule has 1 atom stereocenters. The van der Waals surface area contributed by atoms with Gasteiger partial charge in [-0.1, -0.05) is 42.5 Å². The maximum absolute atomic E-state index is 12.8. The Morgan fingerprint density at radius 1 is 0.966 bits per heavy atom. The number of fused-ring (bicyclic) bond motifs is 1. The first kappa shape index (κ1) is 19.2. The van der Waals surface area contributed by atoms with Crippen molar-refractivity contribution in [2.24, 2.45) is 0 Å². The molecular formula is C25H23NO2S. The number of rotatable bonds is 6. The van der Waals surface area contributed by atoms with E-state index < -0.39 is 0 Å². The van der Waals surface area contributed by atoms with Gasteiger partial charge in [0.25, 0.3) is 5.91 Å². The van der Waals surface area contributed by atoms with Gasteiger partial charge in [0.05, 0.1) is 17.5 Å². The van der Waals surface area contributed by atoms with Crippen LogP contribution in [0, 0.1) is 0 Å². The van der Waals surface area contributed by atoms with Crippen molar-refractivity contribution < 1.29 is 9.53 Å². The van der Waals surface area contributed by atoms with Crippen LogP contribution in [0.3, 0.4) is 0 Å². The Bertz CT molecular complexity index is 1130. The van der Waals surface area contributed by atoms with Gasteiger partial charge in [-0.3, -0.25) is 4.79 Å². The van der Waals surface area contributed by atoms with Gasteiger partial charge in [-0.05, 0) is 72.1 Å². The fraction of sp³-hybridized carbons (Fsp3) is 0.160. The molecule has 0 unspecified atom stereocenters. The molecule has 4 aromatic rings. The quantitative estimate of drug-likeness (QED) is 0.403. The van der Waals surface area contributed by atoms with Crippen LogP contribution in [0.4, 0.5) is 0 Å². The second kappa shape index (κ2) is 8.50. The molecule has 0 saturated heterocycles. The Hall–Kier alpha value is -3.11. The van der Waals surface area contributed by atoms with Crippen LogP contribution in [0.1, 0.15) is 35.1 Å². The van der Waals surface area contributed by atoms with Crippen molar-refractivity contribution in [3.8, 4) is 16.2 Å². The third-order valence-electron chi connectivity index (χ3n) is 4.92. The summed E-state index contributed by atoms with van der Waals surface area (Å²) < 4.78 is 5.50. The summed E-state index contributed by atoms with van der Waals surface area (Å²) >= 11 is 1.50. The highest BCUT2D eigenvalue weighted by molar-refractivity contribution is 7.17. The maximum Gasteiger partial charge on any atom is 0.261 e. The second-order valence-electron chi connectivity index (χ2n) is 6.88. The van der Waals surface area contributed by atoms with E-state index in [2.05, 4.69) is 29.6 Å². The molecule has 3 nitrogen and oxygen atoms in total. The van der Waals surface area contributed by atoms with Crippen LogP contribution in [-0.4, -0.2) is 12.5 Å². The first-order chi connectivity index (χ1) is 14.2. The van der Waals surface area contributed by atoms with Crippen LogP contribution in [-0.2, 0) is 0 Å². The van der Waals surface area contributed by atoms with Gasteiger partial charge in [0.2, 0.25) is 0 Å². The van der Waals surface area contributed by atoms with Gasteiger partial charge in [0.15, 0.2) is 0 Å². The molecule has 1 aromatic heterocycles. The lowest BCUT2D eigenvalue weighted by molar-refractivity contribution is 0.0944. The van der Waals surface area contributed by atoms with Gasteiger partial charge in [0.1, 0.15) is 5.75 Å². The lowest BCUT2D eigenvalue weighted by atomic mass is 10.00. The minimum absolute atomic E-state index is 0.0485. The molecule has 0 fully saturated rings. The van der Waals surface area contributed by atoms with E-state index in [1.54, 1.807) is 0 Å². The number of benzene rings is 3. The van der Waals surface area contributed by atoms with E-state index >= 15 is 0 Å². The van der Waals surface area contributed by atoms with Crippen LogP contribution in [0.15, 0.2) is 78.9 Å². The number of carbonyl (C=O) groups excluding carboxylic acids is 1. The third kappa shape index (κ3) is 4.17. The topological polar surface area (TPSA) is 38.3 Å². The number of thiophene rings is 1. The molecule has 0 aliphatic carbocycles. The monoisotopic (exact) mass is 401 g/mol. The number of hydrogen-bond donors (Lipinski definition) is 1. The van der Waals surface area contributed by atoms with Crippen molar-refractivity contribution in [1.82, 2.24) is 5.32 Å². The van der Waals surface area contributed by atoms with Crippen LogP contribution >= 0.6 is 11.3 Å². The van der Waals surface area contributed by atoms with Crippen LogP contribution < -0.4 is 10.1 Å². The standard InChI is InChI=1S/C25H23NO2S/c1-3-28-20-13-11-19(12-14-20)23-15-16-24(29-23)25(27)26-17(2)21-10-6-8-18-7-4-5-9-22(18)21/h4-17H,3H2,1-2H3,(H,26,27)/t17-/m1/s1. The lowest BCUT2D eigenvalue weighted by Crippen LogP contribution is -2.26. The molecule has 4 rings (SSSR count). The second-order valence-corrected chi connectivity index (χ2v) is 7.97. The van der Waals surface area contributed by atoms with Gasteiger partial charge in [-0.15, -0.1) is 11.3 Å². The molecular weight excluding hydrogens is 378 g/mol. The molecule has 0 aliphatic rings. The van der Waals surface area contributed by atoms with Crippen molar-refractivity contribution in [3.63, 3.8) is 0 Å². The van der Waals surface area contributed by atoms with Crippen molar-refractivity contribution in [1.29, 1.82) is 0 Å². The zero-order valence-electron chi connectivity index (χ0n) is 16.5. The highest BCUT2D eigenvalue weighted by atomic mass is 32.1. The minimum Gasteiger partial charge on any atom is -0.494 e. The van der Waals surface area contributed by atoms with E-state index in [1.807, 2.05) is 68.4 Å². The summed E-state index contributed by atoms with van der Waals surface area (Å²) in [4.78, 5) is 14.6. The fourth-order valence-corrected chi connectivity index (χ4v) is 4.39. The molecule has 0 saturated carbocycles. The van der Waals surface area contributed by atoms with Gasteiger partial charge in [0, 0.05) is 4.88 Å². The van der Waals surface area contributed by atoms with E-state index in [9.17, 15) is 4.79 Å². The van der Waals surface area contributed by atoms with Gasteiger partial charge >= 0.3 is 0 Å². The predicted molar refractivity (Wildman–Crippen MR) is 121 cm³/mol. The Morgan fingerprint density at radius 3 is 2.52 bits per heavy atom. The zero-order valence-corrected chi connectivity index (χ0v) is 17.3. The minimum atomic E-state index is -0.0790. The average molecular weight is 402 g/mol. The Labute approximate surface area is 175 Å². The number of ether oxygens (including phenoxy) is 1. The van der Waals surface area contributed by atoms with E-state index in [0.717, 1.165) is 21.8 Å². The summed E-state index contributed by atoms with van der Waals surface area (Å²) in [7, 11) is 0. The summed E-state index contributed by atoms with van der Waals surface area (Å²) in [6, 6.07) is 26.2. The summed E-state index contributed by atoms with van der Waals surface area (Å²) in [6.07, 6.45) is 0. The summed E-state index contributed by atoms with van der Waals surface area (Å²) in [5.74, 6) is 0.808. The van der Waals surface area contributed by atoms with Crippen LogP contribution in [0.25, 0.3) is 21.2 Å². The predicted octanol–water partition coefficient (Wildman–Crippen LogP) is 6.46. The highest BCUT2D eigenvalue weighted by Crippen LogP contribution is 2.30. The largest absolute Gasteiger partial charge is 0.494 e. The van der Waals surface area contributed by atoms with E-state index in [4.69, 9.17) is 4.74 Å². The average Bonchev–Trinajstić information content (AvgIpc) is 3.24. The fourth-order valence-electron chi connectivity index (χ4n) is 3.47. The molecule has 3 aromatic carbocycles. The molecule has 0 spiro atoms. The molecule has 4 heteroatoms. The van der Waals surface area contributed by atoms with Crippen molar-refractivity contribution in [3.05, 3.63) is 89.3 Å². The Balaban J connectivity index is 1.50. The molecule has 0 bridgehead atoms. The molecule has 1 amide bonds. The Kier molecular flexibility index (Phi) is 5.63. The normalized spacial score (nSPS) is 11.9. The highest BCUT2D eigenvalue weighted by Gasteiger charge is 2.15. The molecule has 1 heterocycles. The first-order valence-corrected chi connectivity index (χ1v) is 10.6. The van der Waals surface area contributed by atoms with E-state index in [-0.39, 0.29) is 11.9 Å². The molecule has 29 heavy (non-hydrogen) atoms. The number of hydrogen-bond acceptors (Lipinski definition) is 3. The molecule has 146 valence electrons. The zero-order chi connectivity index (χ0) is 20.2. The van der Waals surface area contributed by atoms with Crippen molar-refractivity contribution in [2.75, 3.05) is 6.61 Å². The third-order valence-corrected chi connectivity index (χ3v) is 6.05. The molecule has 1 N–H and O–H groups in total. The lowest BCUT2D eigenvalue weighted by Gasteiger charge is -2.16. The van der Waals surface area contributed by atoms with E-state index in [0.29, 0.717) is 11.5 Å². The van der Waals surface area contributed by atoms with Gasteiger partial charge in [-0.25, -0.2) is 0 Å². The summed E-state index contributed by atoms with van der Waals surface area (Å²) in [5, 5.41) is 5.50. The number of amides is 1. The van der Waals surface area contributed by atoms with Crippen LogP contribution in [0.5, 0.6) is 5.75 Å². The maximum atomic E-state index is 12.8. The van der Waals surface area contributed by atoms with Crippen LogP contribution in [0.2, 0.25) is 0 Å². The Morgan fingerprint density at radius 2 is 1.72 bits per heavy atom. The SMILES string of the molecule is CCOc1ccc(-c2ccc(C(=O)N[C@H](C)c3cccc4ccccc34)s2)cc1. The smallest absolute Gasteiger partial charge is 0.261 e. The van der Waals surface area contributed by atoms with Gasteiger partial charge < -0.3 is 10.1 Å².